The molecule has 0 atom stereocenters. The first-order chi connectivity index (χ1) is 10.0. The van der Waals surface area contributed by atoms with Gasteiger partial charge in [0.05, 0.1) is 0 Å². The second-order valence-corrected chi connectivity index (χ2v) is 5.21. The van der Waals surface area contributed by atoms with Gasteiger partial charge < -0.3 is 10.2 Å². The Morgan fingerprint density at radius 3 is 2.57 bits per heavy atom. The lowest BCUT2D eigenvalue weighted by Gasteiger charge is -2.13. The predicted octanol–water partition coefficient (Wildman–Crippen LogP) is 3.43. The Hall–Kier alpha value is -2.14. The minimum Gasteiger partial charge on any atom is -0.439 e. The number of nitrogen functional groups attached to an aromatic ring is 1. The van der Waals surface area contributed by atoms with E-state index in [4.69, 9.17) is 10.6 Å². The molecule has 0 radical (unpaired) electrons. The molecule has 0 aliphatic carbocycles. The van der Waals surface area contributed by atoms with Crippen molar-refractivity contribution in [2.75, 3.05) is 5.43 Å². The number of rotatable bonds is 5. The molecule has 0 fully saturated rings. The van der Waals surface area contributed by atoms with Gasteiger partial charge in [-0.25, -0.2) is 10.8 Å². The zero-order chi connectivity index (χ0) is 15.4. The molecule has 3 N–H and O–H groups in total. The normalized spacial score (nSPS) is 10.5. The van der Waals surface area contributed by atoms with Crippen LogP contribution in [-0.2, 0) is 6.42 Å². The molecular formula is C16H22N4O. The molecule has 5 nitrogen and oxygen atoms in total. The number of nitrogens with zero attached hydrogens (tertiary/aromatic N) is 2. The van der Waals surface area contributed by atoms with Gasteiger partial charge in [0.2, 0.25) is 5.88 Å². The number of ether oxygens (including phenoxy) is 1. The van der Waals surface area contributed by atoms with Crippen molar-refractivity contribution in [3.63, 3.8) is 0 Å². The minimum atomic E-state index is 0.509. The van der Waals surface area contributed by atoms with E-state index in [0.29, 0.717) is 11.7 Å². The van der Waals surface area contributed by atoms with Crippen LogP contribution < -0.4 is 16.0 Å². The summed E-state index contributed by atoms with van der Waals surface area (Å²) in [5, 5.41) is 0. The summed E-state index contributed by atoms with van der Waals surface area (Å²) in [5.41, 5.74) is 6.03. The first-order valence-corrected chi connectivity index (χ1v) is 7.13. The van der Waals surface area contributed by atoms with Crippen LogP contribution in [0.2, 0.25) is 0 Å². The molecule has 0 aliphatic rings. The molecule has 1 aromatic heterocycles. The average Bonchev–Trinajstić information content (AvgIpc) is 2.44. The van der Waals surface area contributed by atoms with E-state index < -0.39 is 0 Å². The summed E-state index contributed by atoms with van der Waals surface area (Å²) in [6.07, 6.45) is 1.76. The Bertz CT molecular complexity index is 640. The molecule has 0 amide bonds. The average molecular weight is 286 g/mol. The third kappa shape index (κ3) is 3.70. The van der Waals surface area contributed by atoms with Gasteiger partial charge in [-0.3, -0.25) is 0 Å². The Morgan fingerprint density at radius 1 is 1.14 bits per heavy atom. The van der Waals surface area contributed by atoms with Gasteiger partial charge >= 0.3 is 0 Å². The minimum absolute atomic E-state index is 0.509. The number of benzene rings is 1. The topological polar surface area (TPSA) is 73.1 Å². The maximum Gasteiger partial charge on any atom is 0.224 e. The Labute approximate surface area is 125 Å². The monoisotopic (exact) mass is 286 g/mol. The molecule has 2 rings (SSSR count). The largest absolute Gasteiger partial charge is 0.439 e. The van der Waals surface area contributed by atoms with Crippen LogP contribution in [0.4, 0.5) is 5.82 Å². The van der Waals surface area contributed by atoms with Crippen molar-refractivity contribution in [1.29, 1.82) is 0 Å². The van der Waals surface area contributed by atoms with Crippen LogP contribution in [0.15, 0.2) is 18.2 Å². The van der Waals surface area contributed by atoms with E-state index in [0.717, 1.165) is 35.5 Å². The van der Waals surface area contributed by atoms with Crippen molar-refractivity contribution in [3.05, 3.63) is 40.7 Å². The number of anilines is 1. The van der Waals surface area contributed by atoms with Gasteiger partial charge in [0, 0.05) is 12.5 Å². The second-order valence-electron chi connectivity index (χ2n) is 5.21. The highest BCUT2D eigenvalue weighted by molar-refractivity contribution is 5.45. The van der Waals surface area contributed by atoms with E-state index in [2.05, 4.69) is 42.2 Å². The fourth-order valence-corrected chi connectivity index (χ4v) is 2.15. The molecular weight excluding hydrogens is 264 g/mol. The lowest BCUT2D eigenvalue weighted by Crippen LogP contribution is -2.11. The molecule has 0 saturated heterocycles. The summed E-state index contributed by atoms with van der Waals surface area (Å²) in [4.78, 5) is 8.75. The Kier molecular flexibility index (Phi) is 4.75. The number of nitrogens with two attached hydrogens (primary N) is 1. The van der Waals surface area contributed by atoms with Gasteiger partial charge in [-0.2, -0.15) is 4.98 Å². The van der Waals surface area contributed by atoms with Crippen molar-refractivity contribution in [2.24, 2.45) is 5.84 Å². The van der Waals surface area contributed by atoms with Crippen molar-refractivity contribution < 1.29 is 4.74 Å². The maximum atomic E-state index is 5.95. The smallest absolute Gasteiger partial charge is 0.224 e. The second kappa shape index (κ2) is 6.54. The van der Waals surface area contributed by atoms with Gasteiger partial charge in [0.15, 0.2) is 0 Å². The highest BCUT2D eigenvalue weighted by atomic mass is 16.5. The molecule has 1 aromatic carbocycles. The van der Waals surface area contributed by atoms with Crippen LogP contribution in [0.25, 0.3) is 0 Å². The molecule has 0 aliphatic heterocycles. The maximum absolute atomic E-state index is 5.95. The van der Waals surface area contributed by atoms with E-state index in [9.17, 15) is 0 Å². The Balaban J connectivity index is 2.37. The van der Waals surface area contributed by atoms with Crippen molar-refractivity contribution in [2.45, 2.75) is 40.5 Å². The molecule has 21 heavy (non-hydrogen) atoms. The van der Waals surface area contributed by atoms with E-state index in [1.54, 1.807) is 6.07 Å². The summed E-state index contributed by atoms with van der Waals surface area (Å²) >= 11 is 0. The Morgan fingerprint density at radius 2 is 1.90 bits per heavy atom. The zero-order valence-corrected chi connectivity index (χ0v) is 13.0. The van der Waals surface area contributed by atoms with Crippen molar-refractivity contribution >= 4 is 5.82 Å². The van der Waals surface area contributed by atoms with Crippen LogP contribution in [0.3, 0.4) is 0 Å². The molecule has 0 saturated carbocycles. The molecule has 0 spiro atoms. The number of hydrazine groups is 1. The number of hydrogen-bond acceptors (Lipinski definition) is 5. The summed E-state index contributed by atoms with van der Waals surface area (Å²) in [6.45, 7) is 8.25. The first-order valence-electron chi connectivity index (χ1n) is 7.13. The van der Waals surface area contributed by atoms with Crippen molar-refractivity contribution in [1.82, 2.24) is 9.97 Å². The molecule has 112 valence electrons. The molecule has 1 heterocycles. The van der Waals surface area contributed by atoms with E-state index in [1.165, 1.54) is 5.56 Å². The third-order valence-corrected chi connectivity index (χ3v) is 3.35. The summed E-state index contributed by atoms with van der Waals surface area (Å²) in [6, 6.07) is 5.85. The molecule has 5 heteroatoms. The van der Waals surface area contributed by atoms with Gasteiger partial charge in [-0.05, 0) is 49.9 Å². The molecule has 2 aromatic rings. The predicted molar refractivity (Wildman–Crippen MR) is 84.6 cm³/mol. The number of nitrogens with one attached hydrogen (secondary N) is 1. The first kappa shape index (κ1) is 15.3. The lowest BCUT2D eigenvalue weighted by molar-refractivity contribution is 0.454. The SMILES string of the molecule is CCCc1nc(NN)cc(Oc2cc(C)cc(C)c2C)n1. The van der Waals surface area contributed by atoms with Crippen LogP contribution in [0, 0.1) is 20.8 Å². The van der Waals surface area contributed by atoms with Crippen LogP contribution >= 0.6 is 0 Å². The summed E-state index contributed by atoms with van der Waals surface area (Å²) < 4.78 is 5.95. The van der Waals surface area contributed by atoms with E-state index in [-0.39, 0.29) is 0 Å². The van der Waals surface area contributed by atoms with E-state index >= 15 is 0 Å². The van der Waals surface area contributed by atoms with E-state index in [1.807, 2.05) is 13.0 Å². The highest BCUT2D eigenvalue weighted by Gasteiger charge is 2.09. The summed E-state index contributed by atoms with van der Waals surface area (Å²) in [7, 11) is 0. The van der Waals surface area contributed by atoms with Gasteiger partial charge in [0.25, 0.3) is 0 Å². The molecule has 0 bridgehead atoms. The number of hydrogen-bond donors (Lipinski definition) is 2. The van der Waals surface area contributed by atoms with Crippen LogP contribution in [0.5, 0.6) is 11.6 Å². The highest BCUT2D eigenvalue weighted by Crippen LogP contribution is 2.28. The summed E-state index contributed by atoms with van der Waals surface area (Å²) in [5.74, 6) is 8.07. The van der Waals surface area contributed by atoms with Crippen LogP contribution in [0.1, 0.15) is 35.9 Å². The standard InChI is InChI=1S/C16H22N4O/c1-5-6-14-18-15(20-17)9-16(19-14)21-13-8-10(2)7-11(3)12(13)4/h7-9H,5-6,17H2,1-4H3,(H,18,19,20). The number of aromatic nitrogens is 2. The fraction of sp³-hybridized carbons (Fsp3) is 0.375. The van der Waals surface area contributed by atoms with Gasteiger partial charge in [-0.1, -0.05) is 13.0 Å². The van der Waals surface area contributed by atoms with Gasteiger partial charge in [-0.15, -0.1) is 0 Å². The third-order valence-electron chi connectivity index (χ3n) is 3.35. The lowest BCUT2D eigenvalue weighted by atomic mass is 10.1. The molecule has 0 unspecified atom stereocenters. The van der Waals surface area contributed by atoms with Crippen LogP contribution in [-0.4, -0.2) is 9.97 Å². The number of aryl methyl sites for hydroxylation is 3. The quantitative estimate of drug-likeness (QED) is 0.650. The van der Waals surface area contributed by atoms with Crippen molar-refractivity contribution in [3.8, 4) is 11.6 Å². The zero-order valence-electron chi connectivity index (χ0n) is 13.0. The fourth-order valence-electron chi connectivity index (χ4n) is 2.15. The van der Waals surface area contributed by atoms with Gasteiger partial charge in [0.1, 0.15) is 17.4 Å².